The summed E-state index contributed by atoms with van der Waals surface area (Å²) in [5, 5.41) is 14.2. The number of ether oxygens (including phenoxy) is 1. The van der Waals surface area contributed by atoms with Gasteiger partial charge in [0.2, 0.25) is 0 Å². The van der Waals surface area contributed by atoms with Crippen LogP contribution in [-0.2, 0) is 9.53 Å². The lowest BCUT2D eigenvalue weighted by molar-refractivity contribution is -0.137. The second-order valence-corrected chi connectivity index (χ2v) is 5.39. The number of carboxylic acid groups (broad SMARTS) is 1. The fourth-order valence-electron chi connectivity index (χ4n) is 2.24. The Kier molecular flexibility index (Phi) is 8.77. The molecule has 0 aliphatic carbocycles. The summed E-state index contributed by atoms with van der Waals surface area (Å²) in [4.78, 5) is 24.4. The van der Waals surface area contributed by atoms with Crippen molar-refractivity contribution in [1.29, 1.82) is 0 Å². The Morgan fingerprint density at radius 1 is 1.29 bits per heavy atom. The average Bonchev–Trinajstić information content (AvgIpc) is 2.44. The van der Waals surface area contributed by atoms with E-state index in [0.717, 1.165) is 39.3 Å². The number of carbonyl (C=O) groups is 2. The second-order valence-electron chi connectivity index (χ2n) is 5.39. The molecule has 7 heteroatoms. The quantitative estimate of drug-likeness (QED) is 0.544. The van der Waals surface area contributed by atoms with Gasteiger partial charge in [0.1, 0.15) is 0 Å². The lowest BCUT2D eigenvalue weighted by Gasteiger charge is -2.26. The van der Waals surface area contributed by atoms with Crippen LogP contribution in [-0.4, -0.2) is 67.4 Å². The average molecular weight is 301 g/mol. The lowest BCUT2D eigenvalue weighted by Crippen LogP contribution is -2.42. The molecule has 7 nitrogen and oxygen atoms in total. The van der Waals surface area contributed by atoms with Crippen LogP contribution in [0.2, 0.25) is 0 Å². The number of aliphatic carboxylic acids is 1. The first-order valence-electron chi connectivity index (χ1n) is 7.64. The number of morpholine rings is 1. The van der Waals surface area contributed by atoms with Crippen LogP contribution >= 0.6 is 0 Å². The van der Waals surface area contributed by atoms with Crippen LogP contribution in [0.3, 0.4) is 0 Å². The van der Waals surface area contributed by atoms with Crippen molar-refractivity contribution in [3.05, 3.63) is 0 Å². The third-order valence-corrected chi connectivity index (χ3v) is 3.45. The first kappa shape index (κ1) is 17.7. The van der Waals surface area contributed by atoms with Crippen LogP contribution in [0.1, 0.15) is 32.6 Å². The fraction of sp³-hybridized carbons (Fsp3) is 0.857. The zero-order valence-corrected chi connectivity index (χ0v) is 12.8. The SMILES string of the molecule is CC(CCCC(=O)O)NC(=O)NCCCN1CCOCC1. The number of hydrogen-bond acceptors (Lipinski definition) is 4. The number of amides is 2. The van der Waals surface area contributed by atoms with E-state index in [9.17, 15) is 9.59 Å². The van der Waals surface area contributed by atoms with Crippen LogP contribution < -0.4 is 10.6 Å². The molecule has 122 valence electrons. The molecule has 0 aromatic rings. The first-order valence-corrected chi connectivity index (χ1v) is 7.64. The van der Waals surface area contributed by atoms with E-state index in [1.165, 1.54) is 0 Å². The smallest absolute Gasteiger partial charge is 0.314 e. The molecule has 1 heterocycles. The van der Waals surface area contributed by atoms with Crippen molar-refractivity contribution < 1.29 is 19.4 Å². The number of carbonyl (C=O) groups excluding carboxylic acids is 1. The molecule has 0 aromatic heterocycles. The van der Waals surface area contributed by atoms with Crippen molar-refractivity contribution in [1.82, 2.24) is 15.5 Å². The van der Waals surface area contributed by atoms with Gasteiger partial charge in [-0.1, -0.05) is 0 Å². The summed E-state index contributed by atoms with van der Waals surface area (Å²) < 4.78 is 5.28. The van der Waals surface area contributed by atoms with E-state index in [0.29, 0.717) is 19.4 Å². The summed E-state index contributed by atoms with van der Waals surface area (Å²) in [5.74, 6) is -0.797. The summed E-state index contributed by atoms with van der Waals surface area (Å²) in [6.45, 7) is 7.02. The number of rotatable bonds is 9. The van der Waals surface area contributed by atoms with Crippen LogP contribution in [0.4, 0.5) is 4.79 Å². The molecule has 0 aromatic carbocycles. The van der Waals surface area contributed by atoms with Crippen molar-refractivity contribution in [2.75, 3.05) is 39.4 Å². The summed E-state index contributed by atoms with van der Waals surface area (Å²) in [6, 6.07) is -0.191. The Morgan fingerprint density at radius 2 is 2.00 bits per heavy atom. The van der Waals surface area contributed by atoms with Crippen molar-refractivity contribution in [2.45, 2.75) is 38.6 Å². The molecule has 1 atom stereocenters. The van der Waals surface area contributed by atoms with E-state index in [-0.39, 0.29) is 18.5 Å². The maximum absolute atomic E-state index is 11.6. The number of urea groups is 1. The molecule has 2 amide bonds. The Bertz CT molecular complexity index is 319. The van der Waals surface area contributed by atoms with E-state index in [4.69, 9.17) is 9.84 Å². The molecule has 1 aliphatic rings. The van der Waals surface area contributed by atoms with Crippen LogP contribution in [0, 0.1) is 0 Å². The summed E-state index contributed by atoms with van der Waals surface area (Å²) in [5.41, 5.74) is 0. The monoisotopic (exact) mass is 301 g/mol. The number of hydrogen-bond donors (Lipinski definition) is 3. The predicted molar refractivity (Wildman–Crippen MR) is 79.4 cm³/mol. The highest BCUT2D eigenvalue weighted by molar-refractivity contribution is 5.74. The number of carboxylic acids is 1. The standard InChI is InChI=1S/C14H27N3O4/c1-12(4-2-5-13(18)19)16-14(20)15-6-3-7-17-8-10-21-11-9-17/h12H,2-11H2,1H3,(H,18,19)(H2,15,16,20). The molecule has 21 heavy (non-hydrogen) atoms. The van der Waals surface area contributed by atoms with E-state index in [1.54, 1.807) is 0 Å². The third-order valence-electron chi connectivity index (χ3n) is 3.45. The van der Waals surface area contributed by atoms with E-state index in [1.807, 2.05) is 6.92 Å². The maximum Gasteiger partial charge on any atom is 0.314 e. The zero-order chi connectivity index (χ0) is 15.5. The molecule has 0 saturated carbocycles. The van der Waals surface area contributed by atoms with Crippen molar-refractivity contribution in [3.63, 3.8) is 0 Å². The molecule has 0 bridgehead atoms. The summed E-state index contributed by atoms with van der Waals surface area (Å²) in [6.07, 6.45) is 2.31. The van der Waals surface area contributed by atoms with Gasteiger partial charge in [0.15, 0.2) is 0 Å². The van der Waals surface area contributed by atoms with Gasteiger partial charge in [0.05, 0.1) is 13.2 Å². The van der Waals surface area contributed by atoms with Crippen LogP contribution in [0.5, 0.6) is 0 Å². The largest absolute Gasteiger partial charge is 0.481 e. The number of nitrogens with zero attached hydrogens (tertiary/aromatic N) is 1. The Balaban J connectivity index is 1.98. The zero-order valence-electron chi connectivity index (χ0n) is 12.8. The van der Waals surface area contributed by atoms with E-state index in [2.05, 4.69) is 15.5 Å². The van der Waals surface area contributed by atoms with E-state index >= 15 is 0 Å². The van der Waals surface area contributed by atoms with E-state index < -0.39 is 5.97 Å². The minimum Gasteiger partial charge on any atom is -0.481 e. The summed E-state index contributed by atoms with van der Waals surface area (Å²) >= 11 is 0. The highest BCUT2D eigenvalue weighted by Crippen LogP contribution is 2.00. The van der Waals surface area contributed by atoms with Gasteiger partial charge in [-0.05, 0) is 32.7 Å². The molecule has 1 saturated heterocycles. The lowest BCUT2D eigenvalue weighted by atomic mass is 10.1. The molecular weight excluding hydrogens is 274 g/mol. The first-order chi connectivity index (χ1) is 10.1. The minimum atomic E-state index is -0.797. The molecule has 3 N–H and O–H groups in total. The molecule has 1 unspecified atom stereocenters. The van der Waals surface area contributed by atoms with Crippen LogP contribution in [0.25, 0.3) is 0 Å². The van der Waals surface area contributed by atoms with Gasteiger partial charge in [-0.15, -0.1) is 0 Å². The van der Waals surface area contributed by atoms with Crippen molar-refractivity contribution in [3.8, 4) is 0 Å². The molecule has 1 aliphatic heterocycles. The predicted octanol–water partition coefficient (Wildman–Crippen LogP) is 0.651. The molecule has 0 spiro atoms. The maximum atomic E-state index is 11.6. The van der Waals surface area contributed by atoms with Gasteiger partial charge in [-0.25, -0.2) is 4.79 Å². The molecule has 0 radical (unpaired) electrons. The molecule has 1 fully saturated rings. The van der Waals surface area contributed by atoms with Crippen molar-refractivity contribution >= 4 is 12.0 Å². The Hall–Kier alpha value is -1.34. The highest BCUT2D eigenvalue weighted by Gasteiger charge is 2.10. The van der Waals surface area contributed by atoms with Crippen LogP contribution in [0.15, 0.2) is 0 Å². The van der Waals surface area contributed by atoms with Gasteiger partial charge in [-0.3, -0.25) is 9.69 Å². The fourth-order valence-corrected chi connectivity index (χ4v) is 2.24. The van der Waals surface area contributed by atoms with Gasteiger partial charge in [0, 0.05) is 32.1 Å². The minimum absolute atomic E-state index is 0.0106. The molecular formula is C14H27N3O4. The third kappa shape index (κ3) is 9.25. The Labute approximate surface area is 126 Å². The van der Waals surface area contributed by atoms with Crippen molar-refractivity contribution in [2.24, 2.45) is 0 Å². The van der Waals surface area contributed by atoms with Gasteiger partial charge in [0.25, 0.3) is 0 Å². The second kappa shape index (κ2) is 10.4. The normalized spacial score (nSPS) is 17.2. The number of nitrogens with one attached hydrogen (secondary N) is 2. The highest BCUT2D eigenvalue weighted by atomic mass is 16.5. The summed E-state index contributed by atoms with van der Waals surface area (Å²) in [7, 11) is 0. The Morgan fingerprint density at radius 3 is 2.67 bits per heavy atom. The molecule has 1 rings (SSSR count). The van der Waals surface area contributed by atoms with Gasteiger partial charge >= 0.3 is 12.0 Å². The van der Waals surface area contributed by atoms with Gasteiger partial charge < -0.3 is 20.5 Å². The topological polar surface area (TPSA) is 90.9 Å². The van der Waals surface area contributed by atoms with Gasteiger partial charge in [-0.2, -0.15) is 0 Å².